The van der Waals surface area contributed by atoms with E-state index in [1.807, 2.05) is 0 Å². The van der Waals surface area contributed by atoms with Gasteiger partial charge >= 0.3 is 0 Å². The number of nitrogens with two attached hydrogens (primary N) is 1. The molecule has 2 rings (SSSR count). The average molecular weight is 500 g/mol. The lowest BCUT2D eigenvalue weighted by Gasteiger charge is -2.14. The Kier molecular flexibility index (Phi) is 5.31. The van der Waals surface area contributed by atoms with Gasteiger partial charge < -0.3 is 5.43 Å². The van der Waals surface area contributed by atoms with E-state index in [0.29, 0.717) is 20.3 Å². The van der Waals surface area contributed by atoms with Gasteiger partial charge in [0.15, 0.2) is 0 Å². The summed E-state index contributed by atoms with van der Waals surface area (Å²) in [5.41, 5.74) is 3.10. The molecule has 112 valence electrons. The number of nitrogens with one attached hydrogen (secondary N) is 2. The van der Waals surface area contributed by atoms with Crippen molar-refractivity contribution in [1.82, 2.24) is 0 Å². The number of anilines is 2. The number of hydrogen-bond acceptors (Lipinski definition) is 4. The molecule has 0 aromatic heterocycles. The third-order valence-electron chi connectivity index (χ3n) is 2.58. The Morgan fingerprint density at radius 1 is 1.00 bits per heavy atom. The maximum absolute atomic E-state index is 12.5. The van der Waals surface area contributed by atoms with Gasteiger partial charge in [-0.15, -0.1) is 0 Å². The van der Waals surface area contributed by atoms with E-state index in [1.165, 1.54) is 6.07 Å². The summed E-state index contributed by atoms with van der Waals surface area (Å²) >= 11 is 9.99. The maximum atomic E-state index is 12.5. The standard InChI is InChI=1S/C12H10Br3N3O2S/c13-7-5-8(14)12(9(15)6-7)18-21(19,20)11-4-2-1-3-10(11)17-16/h1-6,17-18H,16H2. The first-order valence-corrected chi connectivity index (χ1v) is 9.44. The summed E-state index contributed by atoms with van der Waals surface area (Å²) in [5, 5.41) is 0. The van der Waals surface area contributed by atoms with E-state index in [2.05, 4.69) is 57.9 Å². The zero-order valence-electron chi connectivity index (χ0n) is 10.4. The normalized spacial score (nSPS) is 11.2. The van der Waals surface area contributed by atoms with Gasteiger partial charge in [-0.05, 0) is 56.1 Å². The van der Waals surface area contributed by atoms with E-state index in [0.717, 1.165) is 4.47 Å². The van der Waals surface area contributed by atoms with Crippen LogP contribution in [0.25, 0.3) is 0 Å². The molecule has 0 saturated carbocycles. The Morgan fingerprint density at radius 3 is 2.14 bits per heavy atom. The largest absolute Gasteiger partial charge is 0.323 e. The number of halogens is 3. The van der Waals surface area contributed by atoms with Gasteiger partial charge in [0, 0.05) is 13.4 Å². The number of rotatable bonds is 4. The summed E-state index contributed by atoms with van der Waals surface area (Å²) in [6.07, 6.45) is 0. The lowest BCUT2D eigenvalue weighted by Crippen LogP contribution is -2.18. The Balaban J connectivity index is 2.48. The van der Waals surface area contributed by atoms with Gasteiger partial charge in [-0.25, -0.2) is 8.42 Å². The van der Waals surface area contributed by atoms with Crippen LogP contribution in [-0.4, -0.2) is 8.42 Å². The highest BCUT2D eigenvalue weighted by Crippen LogP contribution is 2.36. The molecule has 9 heteroatoms. The van der Waals surface area contributed by atoms with Crippen molar-refractivity contribution in [3.05, 3.63) is 49.8 Å². The van der Waals surface area contributed by atoms with E-state index in [-0.39, 0.29) is 4.90 Å². The van der Waals surface area contributed by atoms with Crippen LogP contribution in [0, 0.1) is 0 Å². The smallest absolute Gasteiger partial charge is 0.264 e. The molecule has 0 aliphatic heterocycles. The third kappa shape index (κ3) is 3.78. The van der Waals surface area contributed by atoms with Crippen LogP contribution in [0.2, 0.25) is 0 Å². The molecule has 0 aliphatic rings. The predicted octanol–water partition coefficient (Wildman–Crippen LogP) is 4.06. The van der Waals surface area contributed by atoms with Crippen molar-refractivity contribution in [1.29, 1.82) is 0 Å². The molecule has 2 aromatic carbocycles. The Bertz CT molecular complexity index is 758. The van der Waals surface area contributed by atoms with E-state index in [9.17, 15) is 8.42 Å². The molecule has 0 fully saturated rings. The second kappa shape index (κ2) is 6.66. The molecule has 0 bridgehead atoms. The Labute approximate surface area is 147 Å². The first kappa shape index (κ1) is 16.8. The third-order valence-corrected chi connectivity index (χ3v) is 5.69. The summed E-state index contributed by atoms with van der Waals surface area (Å²) in [5.74, 6) is 5.35. The quantitative estimate of drug-likeness (QED) is 0.437. The maximum Gasteiger partial charge on any atom is 0.264 e. The molecular weight excluding hydrogens is 490 g/mol. The van der Waals surface area contributed by atoms with E-state index >= 15 is 0 Å². The molecule has 0 radical (unpaired) electrons. The summed E-state index contributed by atoms with van der Waals surface area (Å²) in [4.78, 5) is 0.0641. The van der Waals surface area contributed by atoms with Gasteiger partial charge in [0.1, 0.15) is 4.90 Å². The fraction of sp³-hybridized carbons (Fsp3) is 0. The number of benzene rings is 2. The molecule has 21 heavy (non-hydrogen) atoms. The van der Waals surface area contributed by atoms with Gasteiger partial charge in [0.05, 0.1) is 11.4 Å². The number of hydrogen-bond donors (Lipinski definition) is 3. The Morgan fingerprint density at radius 2 is 1.57 bits per heavy atom. The average Bonchev–Trinajstić information content (AvgIpc) is 2.43. The lowest BCUT2D eigenvalue weighted by atomic mass is 10.3. The SMILES string of the molecule is NNc1ccccc1S(=O)(=O)Nc1c(Br)cc(Br)cc1Br. The molecular formula is C12H10Br3N3O2S. The second-order valence-corrected chi connectivity index (χ2v) is 8.27. The van der Waals surface area contributed by atoms with Crippen molar-refractivity contribution in [2.75, 3.05) is 10.1 Å². The minimum absolute atomic E-state index is 0.0641. The predicted molar refractivity (Wildman–Crippen MR) is 94.6 cm³/mol. The second-order valence-electron chi connectivity index (χ2n) is 3.99. The minimum Gasteiger partial charge on any atom is -0.323 e. The van der Waals surface area contributed by atoms with Gasteiger partial charge in [-0.2, -0.15) is 0 Å². The summed E-state index contributed by atoms with van der Waals surface area (Å²) in [6.45, 7) is 0. The van der Waals surface area contributed by atoms with Gasteiger partial charge in [-0.3, -0.25) is 10.6 Å². The first-order valence-electron chi connectivity index (χ1n) is 5.58. The summed E-state index contributed by atoms with van der Waals surface area (Å²) < 4.78 is 29.6. The molecule has 0 spiro atoms. The van der Waals surface area contributed by atoms with E-state index in [4.69, 9.17) is 5.84 Å². The van der Waals surface area contributed by atoms with Gasteiger partial charge in [0.2, 0.25) is 0 Å². The van der Waals surface area contributed by atoms with Crippen LogP contribution < -0.4 is 16.0 Å². The van der Waals surface area contributed by atoms with Crippen molar-refractivity contribution in [3.63, 3.8) is 0 Å². The summed E-state index contributed by atoms with van der Waals surface area (Å²) in [7, 11) is -3.78. The number of hydrazine groups is 1. The van der Waals surface area contributed by atoms with Crippen LogP contribution in [-0.2, 0) is 10.0 Å². The monoisotopic (exact) mass is 497 g/mol. The topological polar surface area (TPSA) is 84.2 Å². The zero-order chi connectivity index (χ0) is 15.6. The van der Waals surface area contributed by atoms with Crippen LogP contribution >= 0.6 is 47.8 Å². The fourth-order valence-electron chi connectivity index (χ4n) is 1.65. The highest BCUT2D eigenvalue weighted by atomic mass is 79.9. The van der Waals surface area contributed by atoms with Crippen LogP contribution in [0.3, 0.4) is 0 Å². The van der Waals surface area contributed by atoms with Crippen molar-refractivity contribution in [2.45, 2.75) is 4.90 Å². The van der Waals surface area contributed by atoms with Crippen LogP contribution in [0.5, 0.6) is 0 Å². The van der Waals surface area contributed by atoms with Crippen LogP contribution in [0.15, 0.2) is 54.7 Å². The van der Waals surface area contributed by atoms with Crippen molar-refractivity contribution in [3.8, 4) is 0 Å². The highest BCUT2D eigenvalue weighted by molar-refractivity contribution is 9.11. The van der Waals surface area contributed by atoms with Gasteiger partial charge in [0.25, 0.3) is 10.0 Å². The fourth-order valence-corrected chi connectivity index (χ4v) is 5.64. The zero-order valence-corrected chi connectivity index (χ0v) is 16.0. The number of para-hydroxylation sites is 1. The highest BCUT2D eigenvalue weighted by Gasteiger charge is 2.20. The molecule has 5 nitrogen and oxygen atoms in total. The molecule has 0 heterocycles. The molecule has 2 aromatic rings. The lowest BCUT2D eigenvalue weighted by molar-refractivity contribution is 0.601. The minimum atomic E-state index is -3.78. The van der Waals surface area contributed by atoms with Crippen molar-refractivity contribution < 1.29 is 8.42 Å². The Hall–Kier alpha value is -0.610. The van der Waals surface area contributed by atoms with Gasteiger partial charge in [-0.1, -0.05) is 28.1 Å². The molecule has 0 saturated heterocycles. The molecule has 0 atom stereocenters. The van der Waals surface area contributed by atoms with E-state index < -0.39 is 10.0 Å². The molecule has 0 unspecified atom stereocenters. The number of sulfonamides is 1. The van der Waals surface area contributed by atoms with Crippen molar-refractivity contribution in [2.24, 2.45) is 5.84 Å². The van der Waals surface area contributed by atoms with Crippen LogP contribution in [0.1, 0.15) is 0 Å². The molecule has 0 aliphatic carbocycles. The van der Waals surface area contributed by atoms with E-state index in [1.54, 1.807) is 30.3 Å². The molecule has 0 amide bonds. The van der Waals surface area contributed by atoms with Crippen LogP contribution in [0.4, 0.5) is 11.4 Å². The molecule has 4 N–H and O–H groups in total. The first-order chi connectivity index (χ1) is 9.85. The number of nitrogen functional groups attached to an aromatic ring is 1. The van der Waals surface area contributed by atoms with Crippen molar-refractivity contribution >= 4 is 69.2 Å². The summed E-state index contributed by atoms with van der Waals surface area (Å²) in [6, 6.07) is 9.87.